The maximum absolute atomic E-state index is 12.8. The molecule has 2 N–H and O–H groups in total. The first-order valence-corrected chi connectivity index (χ1v) is 8.76. The smallest absolute Gasteiger partial charge is 0.225 e. The van der Waals surface area contributed by atoms with Crippen molar-refractivity contribution in [2.24, 2.45) is 11.7 Å². The molecule has 22 heavy (non-hydrogen) atoms. The highest BCUT2D eigenvalue weighted by molar-refractivity contribution is 5.79. The molecule has 120 valence electrons. The minimum absolute atomic E-state index is 0.233. The third-order valence-corrected chi connectivity index (χ3v) is 5.55. The molecular weight excluding hydrogens is 272 g/mol. The van der Waals surface area contributed by atoms with Crippen LogP contribution in [0.3, 0.4) is 0 Å². The van der Waals surface area contributed by atoms with E-state index in [1.54, 1.807) is 0 Å². The highest BCUT2D eigenvalue weighted by Gasteiger charge is 2.34. The Balaban J connectivity index is 1.56. The van der Waals surface area contributed by atoms with Gasteiger partial charge in [0.05, 0.1) is 0 Å². The number of rotatable bonds is 2. The SMILES string of the molecule is C[C@H]1C[C@@H](N)CCN1C(=O)C1CCC(c2ccccc2)CC1. The molecule has 2 fully saturated rings. The fourth-order valence-electron chi connectivity index (χ4n) is 4.17. The Morgan fingerprint density at radius 2 is 1.77 bits per heavy atom. The summed E-state index contributed by atoms with van der Waals surface area (Å²) in [4.78, 5) is 14.9. The first-order valence-electron chi connectivity index (χ1n) is 8.76. The molecule has 0 radical (unpaired) electrons. The van der Waals surface area contributed by atoms with E-state index in [4.69, 9.17) is 5.73 Å². The van der Waals surface area contributed by atoms with E-state index in [0.717, 1.165) is 45.1 Å². The molecule has 1 aliphatic carbocycles. The second kappa shape index (κ2) is 6.82. The number of nitrogens with two attached hydrogens (primary N) is 1. The van der Waals surface area contributed by atoms with Crippen molar-refractivity contribution in [3.05, 3.63) is 35.9 Å². The van der Waals surface area contributed by atoms with Crippen LogP contribution in [-0.2, 0) is 4.79 Å². The van der Waals surface area contributed by atoms with Gasteiger partial charge < -0.3 is 10.6 Å². The lowest BCUT2D eigenvalue weighted by molar-refractivity contribution is -0.140. The number of carbonyl (C=O) groups excluding carboxylic acids is 1. The van der Waals surface area contributed by atoms with Gasteiger partial charge in [-0.15, -0.1) is 0 Å². The molecule has 3 heteroatoms. The van der Waals surface area contributed by atoms with E-state index in [-0.39, 0.29) is 12.0 Å². The molecule has 3 rings (SSSR count). The molecule has 0 unspecified atom stereocenters. The van der Waals surface area contributed by atoms with E-state index >= 15 is 0 Å². The van der Waals surface area contributed by atoms with Gasteiger partial charge in [-0.3, -0.25) is 4.79 Å². The monoisotopic (exact) mass is 300 g/mol. The molecule has 0 bridgehead atoms. The third kappa shape index (κ3) is 3.35. The van der Waals surface area contributed by atoms with Crippen molar-refractivity contribution in [1.82, 2.24) is 4.90 Å². The van der Waals surface area contributed by atoms with Crippen LogP contribution in [0.4, 0.5) is 0 Å². The van der Waals surface area contributed by atoms with E-state index in [2.05, 4.69) is 42.2 Å². The van der Waals surface area contributed by atoms with Crippen LogP contribution in [0.1, 0.15) is 56.9 Å². The van der Waals surface area contributed by atoms with Crippen molar-refractivity contribution in [2.45, 2.75) is 63.5 Å². The normalized spacial score (nSPS) is 32.7. The Labute approximate surface area is 133 Å². The van der Waals surface area contributed by atoms with Crippen molar-refractivity contribution < 1.29 is 4.79 Å². The number of nitrogens with zero attached hydrogens (tertiary/aromatic N) is 1. The second-order valence-electron chi connectivity index (χ2n) is 7.12. The first kappa shape index (κ1) is 15.5. The van der Waals surface area contributed by atoms with Gasteiger partial charge in [-0.1, -0.05) is 30.3 Å². The Morgan fingerprint density at radius 1 is 1.09 bits per heavy atom. The lowest BCUT2D eigenvalue weighted by Crippen LogP contribution is -2.50. The van der Waals surface area contributed by atoms with Crippen LogP contribution in [0.25, 0.3) is 0 Å². The number of piperidine rings is 1. The standard InChI is InChI=1S/C19H28N2O/c1-14-13-18(20)11-12-21(14)19(22)17-9-7-16(8-10-17)15-5-3-2-4-6-15/h2-6,14,16-18H,7-13,20H2,1H3/t14-,16?,17?,18-/m0/s1. The molecule has 1 amide bonds. The molecule has 3 nitrogen and oxygen atoms in total. The minimum atomic E-state index is 0.233. The maximum atomic E-state index is 12.8. The van der Waals surface area contributed by atoms with Crippen molar-refractivity contribution >= 4 is 5.91 Å². The predicted molar refractivity (Wildman–Crippen MR) is 89.5 cm³/mol. The van der Waals surface area contributed by atoms with Crippen LogP contribution in [0.15, 0.2) is 30.3 Å². The number of likely N-dealkylation sites (tertiary alicyclic amines) is 1. The van der Waals surface area contributed by atoms with E-state index in [1.165, 1.54) is 5.56 Å². The zero-order valence-electron chi connectivity index (χ0n) is 13.6. The van der Waals surface area contributed by atoms with Crippen molar-refractivity contribution in [1.29, 1.82) is 0 Å². The molecule has 1 saturated carbocycles. The fourth-order valence-corrected chi connectivity index (χ4v) is 4.17. The summed E-state index contributed by atoms with van der Waals surface area (Å²) in [5, 5.41) is 0. The van der Waals surface area contributed by atoms with Gasteiger partial charge in [-0.2, -0.15) is 0 Å². The molecule has 2 aliphatic rings. The number of carbonyl (C=O) groups is 1. The highest BCUT2D eigenvalue weighted by Crippen LogP contribution is 2.37. The maximum Gasteiger partial charge on any atom is 0.225 e. The van der Waals surface area contributed by atoms with Gasteiger partial charge in [0, 0.05) is 24.5 Å². The van der Waals surface area contributed by atoms with E-state index in [0.29, 0.717) is 17.9 Å². The van der Waals surface area contributed by atoms with Gasteiger partial charge in [-0.25, -0.2) is 0 Å². The molecule has 1 aromatic carbocycles. The average molecular weight is 300 g/mol. The molecule has 1 heterocycles. The summed E-state index contributed by atoms with van der Waals surface area (Å²) < 4.78 is 0. The number of hydrogen-bond acceptors (Lipinski definition) is 2. The quantitative estimate of drug-likeness (QED) is 0.911. The van der Waals surface area contributed by atoms with Crippen LogP contribution in [-0.4, -0.2) is 29.4 Å². The van der Waals surface area contributed by atoms with Crippen molar-refractivity contribution in [2.75, 3.05) is 6.54 Å². The highest BCUT2D eigenvalue weighted by atomic mass is 16.2. The zero-order chi connectivity index (χ0) is 15.5. The van der Waals surface area contributed by atoms with Gasteiger partial charge in [0.2, 0.25) is 5.91 Å². The largest absolute Gasteiger partial charge is 0.340 e. The summed E-state index contributed by atoms with van der Waals surface area (Å²) in [5.74, 6) is 1.25. The number of hydrogen-bond donors (Lipinski definition) is 1. The first-order chi connectivity index (χ1) is 10.6. The average Bonchev–Trinajstić information content (AvgIpc) is 2.55. The van der Waals surface area contributed by atoms with E-state index < -0.39 is 0 Å². The van der Waals surface area contributed by atoms with E-state index in [1.807, 2.05) is 0 Å². The Morgan fingerprint density at radius 3 is 2.41 bits per heavy atom. The van der Waals surface area contributed by atoms with Gasteiger partial charge in [-0.05, 0) is 56.9 Å². The molecule has 1 aliphatic heterocycles. The fraction of sp³-hybridized carbons (Fsp3) is 0.632. The lowest BCUT2D eigenvalue weighted by Gasteiger charge is -2.39. The third-order valence-electron chi connectivity index (χ3n) is 5.55. The Hall–Kier alpha value is -1.35. The van der Waals surface area contributed by atoms with Gasteiger partial charge in [0.1, 0.15) is 0 Å². The minimum Gasteiger partial charge on any atom is -0.340 e. The molecule has 1 saturated heterocycles. The summed E-state index contributed by atoms with van der Waals surface area (Å²) >= 11 is 0. The second-order valence-corrected chi connectivity index (χ2v) is 7.12. The van der Waals surface area contributed by atoms with E-state index in [9.17, 15) is 4.79 Å². The molecule has 0 spiro atoms. The zero-order valence-corrected chi connectivity index (χ0v) is 13.6. The van der Waals surface area contributed by atoms with Crippen LogP contribution >= 0.6 is 0 Å². The molecule has 2 atom stereocenters. The molecule has 1 aromatic rings. The number of amides is 1. The Bertz CT molecular complexity index is 493. The summed E-state index contributed by atoms with van der Waals surface area (Å²) in [6.07, 6.45) is 6.26. The van der Waals surface area contributed by atoms with Crippen LogP contribution in [0.5, 0.6) is 0 Å². The predicted octanol–water partition coefficient (Wildman–Crippen LogP) is 3.30. The van der Waals surface area contributed by atoms with Crippen LogP contribution < -0.4 is 5.73 Å². The van der Waals surface area contributed by atoms with Gasteiger partial charge >= 0.3 is 0 Å². The van der Waals surface area contributed by atoms with Gasteiger partial charge in [0.25, 0.3) is 0 Å². The summed E-state index contributed by atoms with van der Waals surface area (Å²) in [6, 6.07) is 11.3. The Kier molecular flexibility index (Phi) is 4.82. The molecular formula is C19H28N2O. The van der Waals surface area contributed by atoms with Crippen LogP contribution in [0.2, 0.25) is 0 Å². The van der Waals surface area contributed by atoms with Crippen LogP contribution in [0, 0.1) is 5.92 Å². The summed E-state index contributed by atoms with van der Waals surface area (Å²) in [7, 11) is 0. The number of benzene rings is 1. The van der Waals surface area contributed by atoms with Gasteiger partial charge in [0.15, 0.2) is 0 Å². The van der Waals surface area contributed by atoms with Crippen molar-refractivity contribution in [3.63, 3.8) is 0 Å². The summed E-state index contributed by atoms with van der Waals surface area (Å²) in [6.45, 7) is 2.99. The summed E-state index contributed by atoms with van der Waals surface area (Å²) in [5.41, 5.74) is 7.45. The molecule has 0 aromatic heterocycles. The topological polar surface area (TPSA) is 46.3 Å². The lowest BCUT2D eigenvalue weighted by atomic mass is 9.78. The van der Waals surface area contributed by atoms with Crippen molar-refractivity contribution in [3.8, 4) is 0 Å².